The number of nitrogens with one attached hydrogen (secondary N) is 1. The number of piperazine rings is 1. The molecule has 3 saturated heterocycles. The number of pyridine rings is 1. The third kappa shape index (κ3) is 8.33. The molecule has 58 heavy (non-hydrogen) atoms. The van der Waals surface area contributed by atoms with Crippen molar-refractivity contribution in [2.45, 2.75) is 76.1 Å². The van der Waals surface area contributed by atoms with Crippen LogP contribution in [0.3, 0.4) is 0 Å². The van der Waals surface area contributed by atoms with Gasteiger partial charge in [-0.05, 0) is 92.8 Å². The average Bonchev–Trinajstić information content (AvgIpc) is 3.55. The standard InChI is InChI=1S/C43H48ClFN8O5/c1-46-36-9-8-32(22-34(36)44)58-31-6-4-30(5-7-31)49(2)42(56)28-3-11-39(47-24-28)52-15-13-27(14-16-52)25-50-17-19-51(20-18-50)38-23-33-29(21-35(38)45)26-53(43(33)57)37-10-12-40(54)48-41(37)55/h3,8-9,11,21-24,27,30-31,37H,4-7,10,12-20,25-26H2,2H3,(H,48,54,55)/i2D3. The molecule has 5 heterocycles. The summed E-state index contributed by atoms with van der Waals surface area (Å²) in [6, 6.07) is 10.2. The normalized spacial score (nSPS) is 24.0. The van der Waals surface area contributed by atoms with Crippen LogP contribution in [-0.2, 0) is 16.1 Å². The number of carbonyl (C=O) groups is 4. The second-order valence-corrected chi connectivity index (χ2v) is 16.3. The number of nitrogens with zero attached hydrogens (tertiary/aromatic N) is 7. The predicted molar refractivity (Wildman–Crippen MR) is 217 cm³/mol. The van der Waals surface area contributed by atoms with E-state index >= 15 is 4.39 Å². The van der Waals surface area contributed by atoms with Gasteiger partial charge in [-0.2, -0.15) is 0 Å². The minimum Gasteiger partial charge on any atom is -0.490 e. The Balaban J connectivity index is 0.796. The number of aromatic nitrogens is 1. The Labute approximate surface area is 347 Å². The summed E-state index contributed by atoms with van der Waals surface area (Å²) in [5, 5.41) is 2.61. The fourth-order valence-corrected chi connectivity index (χ4v) is 9.18. The van der Waals surface area contributed by atoms with Gasteiger partial charge >= 0.3 is 0 Å². The van der Waals surface area contributed by atoms with Gasteiger partial charge in [-0.25, -0.2) is 14.2 Å². The zero-order valence-corrected chi connectivity index (χ0v) is 32.9. The van der Waals surface area contributed by atoms with E-state index in [1.807, 2.05) is 4.90 Å². The summed E-state index contributed by atoms with van der Waals surface area (Å²) in [6.07, 6.45) is 5.66. The molecule has 13 nitrogen and oxygen atoms in total. The maximum atomic E-state index is 15.4. The van der Waals surface area contributed by atoms with E-state index in [1.165, 1.54) is 17.2 Å². The van der Waals surface area contributed by atoms with Crippen molar-refractivity contribution in [3.8, 4) is 5.75 Å². The minimum absolute atomic E-state index is 0.136. The molecule has 3 aromatic rings. The number of benzene rings is 2. The van der Waals surface area contributed by atoms with E-state index in [2.05, 4.69) is 24.9 Å². The van der Waals surface area contributed by atoms with E-state index in [0.717, 1.165) is 56.3 Å². The second kappa shape index (κ2) is 16.9. The number of piperidine rings is 2. The number of anilines is 2. The van der Waals surface area contributed by atoms with Gasteiger partial charge in [-0.3, -0.25) is 29.4 Å². The lowest BCUT2D eigenvalue weighted by atomic mass is 9.91. The molecule has 1 N–H and O–H groups in total. The van der Waals surface area contributed by atoms with Crippen LogP contribution < -0.4 is 19.9 Å². The molecule has 1 aliphatic carbocycles. The van der Waals surface area contributed by atoms with Crippen molar-refractivity contribution in [3.63, 3.8) is 0 Å². The molecular weight excluding hydrogens is 763 g/mol. The van der Waals surface area contributed by atoms with Crippen LogP contribution in [0.15, 0.2) is 48.7 Å². The fraction of sp³-hybridized carbons (Fsp3) is 0.488. The van der Waals surface area contributed by atoms with Gasteiger partial charge in [-0.1, -0.05) is 17.7 Å². The van der Waals surface area contributed by atoms with Crippen molar-refractivity contribution in [2.24, 2.45) is 5.92 Å². The monoisotopic (exact) mass is 813 g/mol. The molecule has 1 aromatic heterocycles. The number of hydrogen-bond donors (Lipinski definition) is 1. The molecule has 4 amide bonds. The molecule has 4 fully saturated rings. The molecular formula is C43H48ClFN8O5. The number of hydrogen-bond acceptors (Lipinski definition) is 9. The van der Waals surface area contributed by atoms with Gasteiger partial charge in [0.1, 0.15) is 23.4 Å². The Morgan fingerprint density at radius 3 is 2.45 bits per heavy atom. The van der Waals surface area contributed by atoms with Gasteiger partial charge < -0.3 is 24.3 Å². The summed E-state index contributed by atoms with van der Waals surface area (Å²) in [5.41, 5.74) is 1.90. The van der Waals surface area contributed by atoms with Crippen LogP contribution in [0.5, 0.6) is 5.75 Å². The van der Waals surface area contributed by atoms with Crippen molar-refractivity contribution in [2.75, 3.05) is 62.6 Å². The van der Waals surface area contributed by atoms with Gasteiger partial charge in [0, 0.05) is 87.7 Å². The molecule has 4 aliphatic heterocycles. The van der Waals surface area contributed by atoms with E-state index in [1.54, 1.807) is 36.4 Å². The Morgan fingerprint density at radius 2 is 1.78 bits per heavy atom. The van der Waals surface area contributed by atoms with Crippen LogP contribution in [0, 0.1) is 18.3 Å². The third-order valence-electron chi connectivity index (χ3n) is 12.3. The van der Waals surface area contributed by atoms with Crippen molar-refractivity contribution >= 4 is 52.4 Å². The summed E-state index contributed by atoms with van der Waals surface area (Å²) in [6.45, 7) is 9.90. The highest BCUT2D eigenvalue weighted by Gasteiger charge is 2.40. The molecule has 0 spiro atoms. The van der Waals surface area contributed by atoms with Gasteiger partial charge in [0.2, 0.25) is 17.5 Å². The smallest absolute Gasteiger partial charge is 0.255 e. The number of amides is 4. The first kappa shape index (κ1) is 35.9. The number of rotatable bonds is 9. The van der Waals surface area contributed by atoms with Gasteiger partial charge in [0.25, 0.3) is 11.8 Å². The number of ether oxygens (including phenoxy) is 1. The Kier molecular flexibility index (Phi) is 10.5. The van der Waals surface area contributed by atoms with Crippen LogP contribution in [-0.4, -0.2) is 114 Å². The molecule has 0 bridgehead atoms. The van der Waals surface area contributed by atoms with Gasteiger partial charge in [0.15, 0.2) is 0 Å². The molecule has 1 atom stereocenters. The van der Waals surface area contributed by atoms with Gasteiger partial charge in [0.05, 0.1) is 28.9 Å². The molecule has 304 valence electrons. The molecule has 0 radical (unpaired) electrons. The number of halogens is 2. The highest BCUT2D eigenvalue weighted by molar-refractivity contribution is 6.33. The third-order valence-corrected chi connectivity index (χ3v) is 12.6. The quantitative estimate of drug-likeness (QED) is 0.215. The average molecular weight is 814 g/mol. The molecule has 2 aromatic carbocycles. The SMILES string of the molecule is [2H]C([2H])([2H])N(C(=O)c1ccc(N2CCC(CN3CCN(c4cc5c(cc4F)CN(C4CCC(=O)NC4=O)C5=O)CC3)CC2)nc1)C1CCC(Oc2ccc([N+]#[C-])c(Cl)c2)CC1. The lowest BCUT2D eigenvalue weighted by Crippen LogP contribution is -2.52. The van der Waals surface area contributed by atoms with Crippen LogP contribution in [0.25, 0.3) is 4.85 Å². The topological polar surface area (TPSA) is 123 Å². The highest BCUT2D eigenvalue weighted by atomic mass is 35.5. The van der Waals surface area contributed by atoms with Crippen molar-refractivity contribution < 1.29 is 32.4 Å². The first-order valence-corrected chi connectivity index (χ1v) is 20.5. The molecule has 5 aliphatic rings. The Bertz CT molecular complexity index is 2220. The maximum Gasteiger partial charge on any atom is 0.255 e. The summed E-state index contributed by atoms with van der Waals surface area (Å²) in [4.78, 5) is 68.1. The van der Waals surface area contributed by atoms with Crippen LogP contribution in [0.4, 0.5) is 21.6 Å². The summed E-state index contributed by atoms with van der Waals surface area (Å²) in [7, 11) is 0. The predicted octanol–water partition coefficient (Wildman–Crippen LogP) is 5.69. The fourth-order valence-electron chi connectivity index (χ4n) is 8.97. The van der Waals surface area contributed by atoms with E-state index in [9.17, 15) is 19.2 Å². The first-order chi connectivity index (χ1) is 29.2. The van der Waals surface area contributed by atoms with Crippen molar-refractivity contribution in [3.05, 3.63) is 87.6 Å². The van der Waals surface area contributed by atoms with E-state index < -0.39 is 36.7 Å². The van der Waals surface area contributed by atoms with E-state index in [4.69, 9.17) is 27.0 Å². The largest absolute Gasteiger partial charge is 0.490 e. The molecule has 1 saturated carbocycles. The lowest BCUT2D eigenvalue weighted by molar-refractivity contribution is -0.136. The number of fused-ring (bicyclic) bond motifs is 1. The summed E-state index contributed by atoms with van der Waals surface area (Å²) < 4.78 is 46.2. The van der Waals surface area contributed by atoms with Crippen LogP contribution >= 0.6 is 11.6 Å². The molecule has 15 heteroatoms. The Hall–Kier alpha value is -5.26. The molecule has 8 rings (SSSR count). The Morgan fingerprint density at radius 1 is 1.00 bits per heavy atom. The van der Waals surface area contributed by atoms with Crippen LogP contribution in [0.2, 0.25) is 5.02 Å². The number of carbonyl (C=O) groups excluding carboxylic acids is 4. The lowest BCUT2D eigenvalue weighted by Gasteiger charge is -2.40. The zero-order chi connectivity index (χ0) is 43.0. The van der Waals surface area contributed by atoms with Crippen molar-refractivity contribution in [1.82, 2.24) is 25.0 Å². The van der Waals surface area contributed by atoms with Gasteiger partial charge in [-0.15, -0.1) is 0 Å². The minimum atomic E-state index is -2.63. The summed E-state index contributed by atoms with van der Waals surface area (Å²) in [5.74, 6) is -0.382. The maximum absolute atomic E-state index is 15.4. The second-order valence-electron chi connectivity index (χ2n) is 15.9. The highest BCUT2D eigenvalue weighted by Crippen LogP contribution is 2.35. The summed E-state index contributed by atoms with van der Waals surface area (Å²) >= 11 is 6.17. The first-order valence-electron chi connectivity index (χ1n) is 21.6. The van der Waals surface area contributed by atoms with Crippen LogP contribution in [0.1, 0.15) is 81.8 Å². The molecule has 1 unspecified atom stereocenters. The van der Waals surface area contributed by atoms with E-state index in [0.29, 0.717) is 78.0 Å². The zero-order valence-electron chi connectivity index (χ0n) is 35.2. The van der Waals surface area contributed by atoms with Crippen molar-refractivity contribution in [1.29, 1.82) is 0 Å². The number of imide groups is 1. The van der Waals surface area contributed by atoms with E-state index in [-0.39, 0.29) is 42.9 Å².